The number of rotatable bonds is 3. The molecule has 112 valence electrons. The quantitative estimate of drug-likeness (QED) is 0.816. The summed E-state index contributed by atoms with van der Waals surface area (Å²) in [5.74, 6) is 1.41. The van der Waals surface area contributed by atoms with E-state index in [2.05, 4.69) is 33.0 Å². The Morgan fingerprint density at radius 3 is 2.47 bits per heavy atom. The van der Waals surface area contributed by atoms with E-state index >= 15 is 0 Å². The van der Waals surface area contributed by atoms with Gasteiger partial charge < -0.3 is 10.4 Å². The first kappa shape index (κ1) is 15.3. The van der Waals surface area contributed by atoms with E-state index in [4.69, 9.17) is 0 Å². The van der Waals surface area contributed by atoms with E-state index in [0.29, 0.717) is 17.4 Å². The van der Waals surface area contributed by atoms with Crippen LogP contribution in [0.15, 0.2) is 0 Å². The Morgan fingerprint density at radius 2 is 1.84 bits per heavy atom. The second-order valence-electron chi connectivity index (χ2n) is 8.30. The highest BCUT2D eigenvalue weighted by atomic mass is 16.3. The molecule has 0 aromatic heterocycles. The standard InChI is InChI=1S/C17H33NO/c1-13-6-5-8-17(19,10-13)12-18-15-7-9-16(3,4)11-14(15)2/h13-15,18-19H,5-12H2,1-4H3. The molecule has 0 radical (unpaired) electrons. The minimum Gasteiger partial charge on any atom is -0.389 e. The third-order valence-corrected chi connectivity index (χ3v) is 5.45. The molecule has 2 fully saturated rings. The molecule has 0 heterocycles. The molecule has 4 unspecified atom stereocenters. The molecular formula is C17H33NO. The van der Waals surface area contributed by atoms with Crippen LogP contribution in [0.3, 0.4) is 0 Å². The topological polar surface area (TPSA) is 32.3 Å². The van der Waals surface area contributed by atoms with Gasteiger partial charge in [-0.25, -0.2) is 0 Å². The fourth-order valence-electron chi connectivity index (χ4n) is 4.36. The van der Waals surface area contributed by atoms with Crippen molar-refractivity contribution in [3.8, 4) is 0 Å². The van der Waals surface area contributed by atoms with Crippen LogP contribution in [0.4, 0.5) is 0 Å². The Morgan fingerprint density at radius 1 is 1.11 bits per heavy atom. The summed E-state index contributed by atoms with van der Waals surface area (Å²) in [7, 11) is 0. The summed E-state index contributed by atoms with van der Waals surface area (Å²) in [5.41, 5.74) is 0.0677. The van der Waals surface area contributed by atoms with Crippen molar-refractivity contribution < 1.29 is 5.11 Å². The second kappa shape index (κ2) is 5.73. The monoisotopic (exact) mass is 267 g/mol. The lowest BCUT2D eigenvalue weighted by atomic mass is 9.70. The third-order valence-electron chi connectivity index (χ3n) is 5.45. The van der Waals surface area contributed by atoms with Crippen LogP contribution in [-0.4, -0.2) is 23.3 Å². The van der Waals surface area contributed by atoms with Crippen LogP contribution in [0.25, 0.3) is 0 Å². The highest BCUT2D eigenvalue weighted by Crippen LogP contribution is 2.39. The number of aliphatic hydroxyl groups is 1. The SMILES string of the molecule is CC1CCCC(O)(CNC2CCC(C)(C)CC2C)C1. The summed E-state index contributed by atoms with van der Waals surface area (Å²) in [5, 5.41) is 14.4. The van der Waals surface area contributed by atoms with Crippen molar-refractivity contribution in [2.24, 2.45) is 17.3 Å². The van der Waals surface area contributed by atoms with Crippen molar-refractivity contribution in [2.75, 3.05) is 6.54 Å². The van der Waals surface area contributed by atoms with Crippen molar-refractivity contribution in [1.82, 2.24) is 5.32 Å². The van der Waals surface area contributed by atoms with Crippen molar-refractivity contribution in [2.45, 2.75) is 84.3 Å². The second-order valence-corrected chi connectivity index (χ2v) is 8.30. The fraction of sp³-hybridized carbons (Fsp3) is 1.00. The summed E-state index contributed by atoms with van der Waals surface area (Å²) in [6, 6.07) is 0.606. The summed E-state index contributed by atoms with van der Waals surface area (Å²) in [6.45, 7) is 10.2. The van der Waals surface area contributed by atoms with E-state index < -0.39 is 5.60 Å². The van der Waals surface area contributed by atoms with Gasteiger partial charge in [0.15, 0.2) is 0 Å². The van der Waals surface area contributed by atoms with Crippen molar-refractivity contribution in [1.29, 1.82) is 0 Å². The number of hydrogen-bond donors (Lipinski definition) is 2. The Bertz CT molecular complexity index is 302. The number of hydrogen-bond acceptors (Lipinski definition) is 2. The van der Waals surface area contributed by atoms with Crippen LogP contribution >= 0.6 is 0 Å². The highest BCUT2D eigenvalue weighted by Gasteiger charge is 2.36. The molecule has 0 amide bonds. The Kier molecular flexibility index (Phi) is 4.62. The molecule has 2 aliphatic rings. The molecule has 0 spiro atoms. The lowest BCUT2D eigenvalue weighted by molar-refractivity contribution is -0.0175. The molecule has 2 rings (SSSR count). The zero-order valence-electron chi connectivity index (χ0n) is 13.3. The third kappa shape index (κ3) is 4.19. The minimum atomic E-state index is -0.440. The van der Waals surface area contributed by atoms with Crippen LogP contribution in [-0.2, 0) is 0 Å². The fourth-order valence-corrected chi connectivity index (χ4v) is 4.36. The smallest absolute Gasteiger partial charge is 0.0774 e. The first-order valence-corrected chi connectivity index (χ1v) is 8.25. The predicted molar refractivity (Wildman–Crippen MR) is 81.2 cm³/mol. The largest absolute Gasteiger partial charge is 0.389 e. The summed E-state index contributed by atoms with van der Waals surface area (Å²) < 4.78 is 0. The van der Waals surface area contributed by atoms with E-state index in [-0.39, 0.29) is 0 Å². The van der Waals surface area contributed by atoms with E-state index in [1.165, 1.54) is 32.1 Å². The zero-order chi connectivity index (χ0) is 14.1. The molecule has 0 aromatic rings. The van der Waals surface area contributed by atoms with Gasteiger partial charge in [-0.05, 0) is 49.4 Å². The van der Waals surface area contributed by atoms with Gasteiger partial charge in [0.1, 0.15) is 0 Å². The average Bonchev–Trinajstić information content (AvgIpc) is 2.26. The molecule has 19 heavy (non-hydrogen) atoms. The van der Waals surface area contributed by atoms with Gasteiger partial charge in [0, 0.05) is 12.6 Å². The number of nitrogens with one attached hydrogen (secondary N) is 1. The molecule has 2 aliphatic carbocycles. The van der Waals surface area contributed by atoms with Gasteiger partial charge in [0.2, 0.25) is 0 Å². The predicted octanol–water partition coefficient (Wildman–Crippen LogP) is 3.73. The van der Waals surface area contributed by atoms with Gasteiger partial charge in [-0.2, -0.15) is 0 Å². The molecule has 2 N–H and O–H groups in total. The molecular weight excluding hydrogens is 234 g/mol. The van der Waals surface area contributed by atoms with Crippen molar-refractivity contribution >= 4 is 0 Å². The lowest BCUT2D eigenvalue weighted by Crippen LogP contribution is -2.50. The first-order valence-electron chi connectivity index (χ1n) is 8.25. The van der Waals surface area contributed by atoms with Crippen molar-refractivity contribution in [3.05, 3.63) is 0 Å². The highest BCUT2D eigenvalue weighted by molar-refractivity contribution is 4.91. The van der Waals surface area contributed by atoms with Gasteiger partial charge in [-0.3, -0.25) is 0 Å². The van der Waals surface area contributed by atoms with E-state index in [0.717, 1.165) is 25.3 Å². The van der Waals surface area contributed by atoms with Crippen LogP contribution < -0.4 is 5.32 Å². The molecule has 2 heteroatoms. The van der Waals surface area contributed by atoms with Gasteiger partial charge >= 0.3 is 0 Å². The maximum atomic E-state index is 10.7. The van der Waals surface area contributed by atoms with Crippen LogP contribution in [0.5, 0.6) is 0 Å². The van der Waals surface area contributed by atoms with Crippen LogP contribution in [0, 0.1) is 17.3 Å². The van der Waals surface area contributed by atoms with Gasteiger partial charge in [-0.1, -0.05) is 40.5 Å². The minimum absolute atomic E-state index is 0.440. The molecule has 0 bridgehead atoms. The average molecular weight is 267 g/mol. The molecule has 2 saturated carbocycles. The Labute approximate surface area is 119 Å². The van der Waals surface area contributed by atoms with E-state index in [1.807, 2.05) is 0 Å². The molecule has 0 saturated heterocycles. The summed E-state index contributed by atoms with van der Waals surface area (Å²) >= 11 is 0. The maximum Gasteiger partial charge on any atom is 0.0774 e. The van der Waals surface area contributed by atoms with Gasteiger partial charge in [0.25, 0.3) is 0 Å². The molecule has 0 aliphatic heterocycles. The lowest BCUT2D eigenvalue weighted by Gasteiger charge is -2.42. The van der Waals surface area contributed by atoms with Gasteiger partial charge in [0.05, 0.1) is 5.60 Å². The maximum absolute atomic E-state index is 10.7. The first-order chi connectivity index (χ1) is 8.80. The van der Waals surface area contributed by atoms with Crippen LogP contribution in [0.1, 0.15) is 72.6 Å². The Hall–Kier alpha value is -0.0800. The summed E-state index contributed by atoms with van der Waals surface area (Å²) in [6.07, 6.45) is 8.32. The van der Waals surface area contributed by atoms with Crippen LogP contribution in [0.2, 0.25) is 0 Å². The molecule has 4 atom stereocenters. The van der Waals surface area contributed by atoms with Crippen molar-refractivity contribution in [3.63, 3.8) is 0 Å². The van der Waals surface area contributed by atoms with E-state index in [1.54, 1.807) is 0 Å². The normalized spacial score (nSPS) is 43.1. The Balaban J connectivity index is 1.82. The summed E-state index contributed by atoms with van der Waals surface area (Å²) in [4.78, 5) is 0. The van der Waals surface area contributed by atoms with E-state index in [9.17, 15) is 5.11 Å². The zero-order valence-corrected chi connectivity index (χ0v) is 13.3. The molecule has 0 aromatic carbocycles. The molecule has 2 nitrogen and oxygen atoms in total. The van der Waals surface area contributed by atoms with Gasteiger partial charge in [-0.15, -0.1) is 0 Å².